The monoisotopic (exact) mass is 325 g/mol. The maximum Gasteiger partial charge on any atom is 0.255 e. The van der Waals surface area contributed by atoms with E-state index < -0.39 is 0 Å². The van der Waals surface area contributed by atoms with E-state index in [4.69, 9.17) is 0 Å². The highest BCUT2D eigenvalue weighted by Gasteiger charge is 2.26. The molecule has 1 fully saturated rings. The molecule has 1 amide bonds. The molecule has 1 aliphatic rings. The van der Waals surface area contributed by atoms with Gasteiger partial charge in [-0.2, -0.15) is 19.9 Å². The molecule has 4 rings (SSSR count). The van der Waals surface area contributed by atoms with E-state index in [2.05, 4.69) is 25.6 Å². The molecule has 0 spiro atoms. The zero-order chi connectivity index (χ0) is 16.5. The number of hydrogen-bond donors (Lipinski definition) is 1. The number of aryl methyl sites for hydroxylation is 1. The number of aromatic nitrogens is 6. The van der Waals surface area contributed by atoms with Crippen LogP contribution in [0.5, 0.6) is 0 Å². The van der Waals surface area contributed by atoms with Gasteiger partial charge in [0.15, 0.2) is 0 Å². The molecule has 0 atom stereocenters. The van der Waals surface area contributed by atoms with Gasteiger partial charge in [0, 0.05) is 12.2 Å². The maximum atomic E-state index is 12.7. The van der Waals surface area contributed by atoms with Gasteiger partial charge in [0.2, 0.25) is 0 Å². The molecule has 0 aromatic carbocycles. The molecular weight excluding hydrogens is 306 g/mol. The van der Waals surface area contributed by atoms with Crippen LogP contribution in [0.4, 0.5) is 0 Å². The maximum absolute atomic E-state index is 12.7. The first-order valence-electron chi connectivity index (χ1n) is 8.18. The van der Waals surface area contributed by atoms with Crippen LogP contribution in [0.15, 0.2) is 31.0 Å². The summed E-state index contributed by atoms with van der Waals surface area (Å²) in [6.45, 7) is 1.84. The second kappa shape index (κ2) is 6.03. The molecule has 3 heterocycles. The van der Waals surface area contributed by atoms with Gasteiger partial charge in [-0.05, 0) is 44.7 Å². The molecule has 1 N–H and O–H groups in total. The molecular formula is C16H19N7O. The summed E-state index contributed by atoms with van der Waals surface area (Å²) in [5, 5.41) is 15.8. The molecule has 1 aliphatic carbocycles. The van der Waals surface area contributed by atoms with Crippen LogP contribution in [-0.4, -0.2) is 41.5 Å². The van der Waals surface area contributed by atoms with E-state index in [0.29, 0.717) is 17.3 Å². The van der Waals surface area contributed by atoms with E-state index >= 15 is 0 Å². The third kappa shape index (κ3) is 2.64. The van der Waals surface area contributed by atoms with Crippen LogP contribution in [-0.2, 0) is 0 Å². The summed E-state index contributed by atoms with van der Waals surface area (Å²) in [5.41, 5.74) is 2.05. The van der Waals surface area contributed by atoms with E-state index in [0.717, 1.165) is 31.2 Å². The van der Waals surface area contributed by atoms with Crippen molar-refractivity contribution in [2.75, 3.05) is 0 Å². The van der Waals surface area contributed by atoms with Crippen molar-refractivity contribution in [2.24, 2.45) is 0 Å². The first-order chi connectivity index (χ1) is 11.7. The predicted molar refractivity (Wildman–Crippen MR) is 86.5 cm³/mol. The SMILES string of the molecule is Cc1nn2ncccc2c1C(=O)NC1CCC(n2cncn2)CC1. The van der Waals surface area contributed by atoms with Crippen molar-refractivity contribution in [2.45, 2.75) is 44.7 Å². The van der Waals surface area contributed by atoms with Crippen molar-refractivity contribution >= 4 is 11.4 Å². The van der Waals surface area contributed by atoms with Gasteiger partial charge in [-0.15, -0.1) is 0 Å². The van der Waals surface area contributed by atoms with Crippen molar-refractivity contribution in [1.82, 2.24) is 34.9 Å². The van der Waals surface area contributed by atoms with E-state index in [9.17, 15) is 4.79 Å². The number of nitrogens with one attached hydrogen (secondary N) is 1. The van der Waals surface area contributed by atoms with Gasteiger partial charge in [-0.3, -0.25) is 4.79 Å². The number of hydrogen-bond acceptors (Lipinski definition) is 5. The van der Waals surface area contributed by atoms with Crippen LogP contribution < -0.4 is 5.32 Å². The Morgan fingerprint density at radius 3 is 2.83 bits per heavy atom. The molecule has 124 valence electrons. The van der Waals surface area contributed by atoms with Crippen LogP contribution in [0.3, 0.4) is 0 Å². The minimum atomic E-state index is -0.0697. The van der Waals surface area contributed by atoms with E-state index in [-0.39, 0.29) is 11.9 Å². The van der Waals surface area contributed by atoms with Gasteiger partial charge < -0.3 is 5.32 Å². The Balaban J connectivity index is 1.44. The first-order valence-corrected chi connectivity index (χ1v) is 8.18. The smallest absolute Gasteiger partial charge is 0.255 e. The number of amides is 1. The highest BCUT2D eigenvalue weighted by Crippen LogP contribution is 2.28. The Morgan fingerprint density at radius 1 is 1.25 bits per heavy atom. The standard InChI is InChI=1S/C16H19N7O/c1-11-15(14-3-2-8-18-23(14)21-11)16(24)20-12-4-6-13(7-5-12)22-10-17-9-19-22/h2-3,8-10,12-13H,4-7H2,1H3,(H,20,24). The summed E-state index contributed by atoms with van der Waals surface area (Å²) in [6.07, 6.45) is 8.84. The Hall–Kier alpha value is -2.77. The number of fused-ring (bicyclic) bond motifs is 1. The van der Waals surface area contributed by atoms with Crippen LogP contribution in [0.25, 0.3) is 5.52 Å². The van der Waals surface area contributed by atoms with Crippen molar-refractivity contribution in [1.29, 1.82) is 0 Å². The molecule has 0 bridgehead atoms. The highest BCUT2D eigenvalue weighted by molar-refractivity contribution is 6.02. The number of nitrogens with zero attached hydrogens (tertiary/aromatic N) is 6. The lowest BCUT2D eigenvalue weighted by Gasteiger charge is -2.28. The van der Waals surface area contributed by atoms with Gasteiger partial charge in [-0.1, -0.05) is 0 Å². The highest BCUT2D eigenvalue weighted by atomic mass is 16.1. The van der Waals surface area contributed by atoms with Crippen molar-refractivity contribution in [3.63, 3.8) is 0 Å². The average Bonchev–Trinajstić information content (AvgIpc) is 3.22. The van der Waals surface area contributed by atoms with Crippen LogP contribution in [0.2, 0.25) is 0 Å². The van der Waals surface area contributed by atoms with Crippen LogP contribution in [0.1, 0.15) is 47.8 Å². The fourth-order valence-electron chi connectivity index (χ4n) is 3.43. The molecule has 24 heavy (non-hydrogen) atoms. The summed E-state index contributed by atoms with van der Waals surface area (Å²) in [4.78, 5) is 16.7. The molecule has 0 saturated heterocycles. The van der Waals surface area contributed by atoms with Crippen molar-refractivity contribution < 1.29 is 4.79 Å². The summed E-state index contributed by atoms with van der Waals surface area (Å²) in [7, 11) is 0. The largest absolute Gasteiger partial charge is 0.349 e. The number of carbonyl (C=O) groups excluding carboxylic acids is 1. The van der Waals surface area contributed by atoms with Gasteiger partial charge in [0.1, 0.15) is 18.2 Å². The van der Waals surface area contributed by atoms with Gasteiger partial charge >= 0.3 is 0 Å². The third-order valence-electron chi connectivity index (χ3n) is 4.66. The predicted octanol–water partition coefficient (Wildman–Crippen LogP) is 1.54. The molecule has 0 unspecified atom stereocenters. The van der Waals surface area contributed by atoms with Crippen LogP contribution in [0, 0.1) is 6.92 Å². The minimum Gasteiger partial charge on any atom is -0.349 e. The molecule has 8 heteroatoms. The third-order valence-corrected chi connectivity index (χ3v) is 4.66. The Kier molecular flexibility index (Phi) is 3.72. The number of rotatable bonds is 3. The van der Waals surface area contributed by atoms with Gasteiger partial charge in [0.05, 0.1) is 17.3 Å². The summed E-state index contributed by atoms with van der Waals surface area (Å²) in [5.74, 6) is -0.0697. The number of carbonyl (C=O) groups is 1. The summed E-state index contributed by atoms with van der Waals surface area (Å²) >= 11 is 0. The second-order valence-electron chi connectivity index (χ2n) is 6.21. The normalized spacial score (nSPS) is 21.0. The Morgan fingerprint density at radius 2 is 2.08 bits per heavy atom. The fourth-order valence-corrected chi connectivity index (χ4v) is 3.43. The minimum absolute atomic E-state index is 0.0697. The zero-order valence-corrected chi connectivity index (χ0v) is 13.5. The average molecular weight is 325 g/mol. The Labute approximate surface area is 138 Å². The summed E-state index contributed by atoms with van der Waals surface area (Å²) in [6, 6.07) is 4.24. The van der Waals surface area contributed by atoms with Crippen molar-refractivity contribution in [3.05, 3.63) is 42.2 Å². The quantitative estimate of drug-likeness (QED) is 0.789. The van der Waals surface area contributed by atoms with Gasteiger partial charge in [-0.25, -0.2) is 9.67 Å². The van der Waals surface area contributed by atoms with Crippen molar-refractivity contribution in [3.8, 4) is 0 Å². The Bertz CT molecular complexity index is 847. The lowest BCUT2D eigenvalue weighted by molar-refractivity contribution is 0.0922. The molecule has 8 nitrogen and oxygen atoms in total. The van der Waals surface area contributed by atoms with Crippen LogP contribution >= 0.6 is 0 Å². The van der Waals surface area contributed by atoms with E-state index in [1.54, 1.807) is 18.9 Å². The van der Waals surface area contributed by atoms with E-state index in [1.807, 2.05) is 23.7 Å². The fraction of sp³-hybridized carbons (Fsp3) is 0.438. The lowest BCUT2D eigenvalue weighted by Crippen LogP contribution is -2.38. The molecule has 3 aromatic rings. The van der Waals surface area contributed by atoms with Gasteiger partial charge in [0.25, 0.3) is 5.91 Å². The molecule has 0 aliphatic heterocycles. The topological polar surface area (TPSA) is 90.0 Å². The first kappa shape index (κ1) is 14.8. The molecule has 3 aromatic heterocycles. The molecule has 1 saturated carbocycles. The van der Waals surface area contributed by atoms with E-state index in [1.165, 1.54) is 4.63 Å². The second-order valence-corrected chi connectivity index (χ2v) is 6.21. The lowest BCUT2D eigenvalue weighted by atomic mass is 9.91. The summed E-state index contributed by atoms with van der Waals surface area (Å²) < 4.78 is 3.42. The zero-order valence-electron chi connectivity index (χ0n) is 13.5. The molecule has 0 radical (unpaired) electrons.